The van der Waals surface area contributed by atoms with Crippen LogP contribution in [0.4, 0.5) is 34.1 Å². The standard InChI is InChI=1S/C56H44N2/c1-55(2)49-26-14-13-25-45(49)47-35-43(31-32-50(47)55)57(39-18-7-5-8-19-39)41-22-15-23-42(34-41)58(40-20-9-6-10-21-40)53-28-16-27-51-54(53)48-33-38-30-29-37-17-11-12-24-44(37)46(38)36-52(48)56(51,3)4/h5-36H,1-4H3. The van der Waals surface area contributed by atoms with Crippen molar-refractivity contribution < 1.29 is 0 Å². The molecular weight excluding hydrogens is 701 g/mol. The maximum absolute atomic E-state index is 2.47. The fraction of sp³-hybridized carbons (Fsp3) is 0.107. The third-order valence-corrected chi connectivity index (χ3v) is 13.0. The quantitative estimate of drug-likeness (QED) is 0.156. The van der Waals surface area contributed by atoms with Gasteiger partial charge in [0.25, 0.3) is 0 Å². The van der Waals surface area contributed by atoms with E-state index in [1.807, 2.05) is 0 Å². The SMILES string of the molecule is CC1(C)c2ccccc2-c2cc(N(c3ccccc3)c3cccc(N(c4ccccc4)c4cccc5c4-c4cc6ccc7ccccc7c6cc4C5(C)C)c3)ccc21. The van der Waals surface area contributed by atoms with Crippen LogP contribution in [0.1, 0.15) is 49.9 Å². The summed E-state index contributed by atoms with van der Waals surface area (Å²) in [7, 11) is 0. The van der Waals surface area contributed by atoms with Crippen LogP contribution in [0.2, 0.25) is 0 Å². The second-order valence-corrected chi connectivity index (χ2v) is 17.0. The van der Waals surface area contributed by atoms with Gasteiger partial charge in [0.1, 0.15) is 0 Å². The van der Waals surface area contributed by atoms with Crippen molar-refractivity contribution in [1.29, 1.82) is 0 Å². The third-order valence-electron chi connectivity index (χ3n) is 13.0. The van der Waals surface area contributed by atoms with Gasteiger partial charge >= 0.3 is 0 Å². The van der Waals surface area contributed by atoms with Crippen LogP contribution in [-0.2, 0) is 10.8 Å². The molecule has 9 aromatic rings. The van der Waals surface area contributed by atoms with Gasteiger partial charge < -0.3 is 9.80 Å². The lowest BCUT2D eigenvalue weighted by Crippen LogP contribution is -2.16. The molecule has 0 aromatic heterocycles. The lowest BCUT2D eigenvalue weighted by molar-refractivity contribution is 0.660. The summed E-state index contributed by atoms with van der Waals surface area (Å²) in [4.78, 5) is 4.87. The molecule has 11 rings (SSSR count). The van der Waals surface area contributed by atoms with Crippen molar-refractivity contribution in [1.82, 2.24) is 0 Å². The smallest absolute Gasteiger partial charge is 0.0543 e. The van der Waals surface area contributed by atoms with Gasteiger partial charge in [0.2, 0.25) is 0 Å². The monoisotopic (exact) mass is 744 g/mol. The average molecular weight is 745 g/mol. The molecule has 0 heterocycles. The zero-order valence-corrected chi connectivity index (χ0v) is 33.4. The van der Waals surface area contributed by atoms with Crippen molar-refractivity contribution in [3.05, 3.63) is 216 Å². The molecule has 58 heavy (non-hydrogen) atoms. The second-order valence-electron chi connectivity index (χ2n) is 17.0. The minimum atomic E-state index is -0.180. The molecule has 0 atom stereocenters. The maximum Gasteiger partial charge on any atom is 0.0543 e. The highest BCUT2D eigenvalue weighted by Gasteiger charge is 2.39. The van der Waals surface area contributed by atoms with Gasteiger partial charge in [0.15, 0.2) is 0 Å². The molecule has 0 unspecified atom stereocenters. The van der Waals surface area contributed by atoms with E-state index in [1.165, 1.54) is 71.7 Å². The fourth-order valence-corrected chi connectivity index (χ4v) is 10.1. The molecule has 0 aliphatic heterocycles. The van der Waals surface area contributed by atoms with E-state index in [-0.39, 0.29) is 10.8 Å². The van der Waals surface area contributed by atoms with Gasteiger partial charge in [0.05, 0.1) is 5.69 Å². The number of benzene rings is 9. The van der Waals surface area contributed by atoms with Crippen LogP contribution in [0.25, 0.3) is 43.8 Å². The van der Waals surface area contributed by atoms with Gasteiger partial charge in [-0.3, -0.25) is 0 Å². The number of hydrogen-bond donors (Lipinski definition) is 0. The second kappa shape index (κ2) is 12.8. The Morgan fingerprint density at radius 2 is 0.879 bits per heavy atom. The minimum absolute atomic E-state index is 0.0542. The summed E-state index contributed by atoms with van der Waals surface area (Å²) < 4.78 is 0. The van der Waals surface area contributed by atoms with E-state index < -0.39 is 0 Å². The van der Waals surface area contributed by atoms with Crippen molar-refractivity contribution in [2.75, 3.05) is 9.80 Å². The van der Waals surface area contributed by atoms with Crippen LogP contribution in [0.15, 0.2) is 194 Å². The molecule has 0 saturated carbocycles. The highest BCUT2D eigenvalue weighted by atomic mass is 15.2. The lowest BCUT2D eigenvalue weighted by Gasteiger charge is -2.31. The Hall–Kier alpha value is -6.90. The molecule has 9 aromatic carbocycles. The van der Waals surface area contributed by atoms with Gasteiger partial charge in [0, 0.05) is 44.8 Å². The van der Waals surface area contributed by atoms with Crippen molar-refractivity contribution in [3.63, 3.8) is 0 Å². The third kappa shape index (κ3) is 5.11. The molecule has 2 nitrogen and oxygen atoms in total. The predicted octanol–water partition coefficient (Wildman–Crippen LogP) is 15.5. The van der Waals surface area contributed by atoms with E-state index in [4.69, 9.17) is 0 Å². The van der Waals surface area contributed by atoms with Gasteiger partial charge in [-0.25, -0.2) is 0 Å². The van der Waals surface area contributed by atoms with E-state index in [2.05, 4.69) is 232 Å². The van der Waals surface area contributed by atoms with E-state index >= 15 is 0 Å². The first-order chi connectivity index (χ1) is 28.3. The first-order valence-corrected chi connectivity index (χ1v) is 20.4. The Bertz CT molecular complexity index is 3070. The zero-order valence-electron chi connectivity index (χ0n) is 33.4. The summed E-state index contributed by atoms with van der Waals surface area (Å²) in [6.45, 7) is 9.47. The molecule has 0 saturated heterocycles. The first-order valence-electron chi connectivity index (χ1n) is 20.4. The van der Waals surface area contributed by atoms with Crippen LogP contribution >= 0.6 is 0 Å². The average Bonchev–Trinajstić information content (AvgIpc) is 3.63. The fourth-order valence-electron chi connectivity index (χ4n) is 10.1. The highest BCUT2D eigenvalue weighted by Crippen LogP contribution is 2.56. The normalized spacial score (nSPS) is 14.1. The van der Waals surface area contributed by atoms with Crippen molar-refractivity contribution in [2.24, 2.45) is 0 Å². The molecule has 0 bridgehead atoms. The number of para-hydroxylation sites is 2. The van der Waals surface area contributed by atoms with Crippen molar-refractivity contribution in [3.8, 4) is 22.3 Å². The number of hydrogen-bond acceptors (Lipinski definition) is 2. The topological polar surface area (TPSA) is 6.48 Å². The number of anilines is 6. The molecule has 0 N–H and O–H groups in total. The largest absolute Gasteiger partial charge is 0.310 e. The highest BCUT2D eigenvalue weighted by molar-refractivity contribution is 6.10. The number of fused-ring (bicyclic) bond motifs is 9. The number of rotatable bonds is 6. The first kappa shape index (κ1) is 34.4. The van der Waals surface area contributed by atoms with Crippen LogP contribution in [0.5, 0.6) is 0 Å². The molecule has 2 heteroatoms. The van der Waals surface area contributed by atoms with Crippen molar-refractivity contribution >= 4 is 55.7 Å². The van der Waals surface area contributed by atoms with Gasteiger partial charge in [-0.2, -0.15) is 0 Å². The summed E-state index contributed by atoms with van der Waals surface area (Å²) in [5.41, 5.74) is 17.2. The van der Waals surface area contributed by atoms with E-state index in [0.717, 1.165) is 28.4 Å². The van der Waals surface area contributed by atoms with Crippen LogP contribution in [0.3, 0.4) is 0 Å². The summed E-state index contributed by atoms with van der Waals surface area (Å²) in [5, 5.41) is 5.16. The summed E-state index contributed by atoms with van der Waals surface area (Å²) in [6, 6.07) is 71.8. The Kier molecular flexibility index (Phi) is 7.59. The Morgan fingerprint density at radius 3 is 1.67 bits per heavy atom. The predicted molar refractivity (Wildman–Crippen MR) is 246 cm³/mol. The van der Waals surface area contributed by atoms with Crippen LogP contribution in [0, 0.1) is 0 Å². The van der Waals surface area contributed by atoms with E-state index in [1.54, 1.807) is 0 Å². The minimum Gasteiger partial charge on any atom is -0.310 e. The molecule has 0 fully saturated rings. The Labute approximate surface area is 341 Å². The molecule has 0 radical (unpaired) electrons. The molecule has 278 valence electrons. The maximum atomic E-state index is 2.47. The Morgan fingerprint density at radius 1 is 0.310 bits per heavy atom. The van der Waals surface area contributed by atoms with Gasteiger partial charge in [-0.05, 0) is 133 Å². The molecule has 0 amide bonds. The van der Waals surface area contributed by atoms with Gasteiger partial charge in [-0.1, -0.05) is 149 Å². The number of nitrogens with zero attached hydrogens (tertiary/aromatic N) is 2. The Balaban J connectivity index is 1.10. The molecule has 2 aliphatic rings. The molecule has 2 aliphatic carbocycles. The van der Waals surface area contributed by atoms with Crippen LogP contribution < -0.4 is 9.80 Å². The lowest BCUT2D eigenvalue weighted by atomic mass is 9.81. The van der Waals surface area contributed by atoms with Crippen molar-refractivity contribution in [2.45, 2.75) is 38.5 Å². The van der Waals surface area contributed by atoms with Crippen LogP contribution in [-0.4, -0.2) is 0 Å². The zero-order chi connectivity index (χ0) is 39.2. The molecule has 0 spiro atoms. The van der Waals surface area contributed by atoms with E-state index in [0.29, 0.717) is 0 Å². The summed E-state index contributed by atoms with van der Waals surface area (Å²) in [5.74, 6) is 0. The summed E-state index contributed by atoms with van der Waals surface area (Å²) >= 11 is 0. The summed E-state index contributed by atoms with van der Waals surface area (Å²) in [6.07, 6.45) is 0. The van der Waals surface area contributed by atoms with Gasteiger partial charge in [-0.15, -0.1) is 0 Å². The van der Waals surface area contributed by atoms with E-state index in [9.17, 15) is 0 Å². The molecular formula is C56H44N2.